The standard InChI is InChI=1S/C39H39N3O9/c1-27(44)40-35-22-23-42(38(46)41-35)36(26-49-37(45)28-10-6-4-7-11-28)51-34(24-43)25-50-39(29-12-8-5-9-13-29,30-14-18-32(47-2)19-15-30)31-16-20-33(48-3)21-17-31/h4-23,34,36,43H,24-26H2,1-3H3,(H,40,41,44,46)/t34-,36+/m0/s1. The Morgan fingerprint density at radius 2 is 1.33 bits per heavy atom. The number of hydrogen-bond donors (Lipinski definition) is 2. The Morgan fingerprint density at radius 3 is 1.84 bits per heavy atom. The number of anilines is 1. The number of ether oxygens (including phenoxy) is 5. The highest BCUT2D eigenvalue weighted by Crippen LogP contribution is 2.42. The van der Waals surface area contributed by atoms with Gasteiger partial charge in [0.2, 0.25) is 5.91 Å². The number of carbonyl (C=O) groups excluding carboxylic acids is 2. The minimum absolute atomic E-state index is 0.0393. The van der Waals surface area contributed by atoms with Gasteiger partial charge in [0.05, 0.1) is 33.0 Å². The lowest BCUT2D eigenvalue weighted by Gasteiger charge is -2.37. The van der Waals surface area contributed by atoms with Gasteiger partial charge in [-0.2, -0.15) is 4.98 Å². The van der Waals surface area contributed by atoms with Crippen LogP contribution in [-0.4, -0.2) is 66.7 Å². The highest BCUT2D eigenvalue weighted by Gasteiger charge is 2.39. The number of carbonyl (C=O) groups is 2. The fraction of sp³-hybridized carbons (Fsp3) is 0.231. The van der Waals surface area contributed by atoms with E-state index >= 15 is 0 Å². The zero-order valence-electron chi connectivity index (χ0n) is 28.4. The molecule has 0 unspecified atom stereocenters. The topological polar surface area (TPSA) is 147 Å². The maximum atomic E-state index is 13.2. The van der Waals surface area contributed by atoms with Gasteiger partial charge in [-0.05, 0) is 59.2 Å². The first-order chi connectivity index (χ1) is 24.8. The lowest BCUT2D eigenvalue weighted by atomic mass is 9.80. The molecule has 0 saturated heterocycles. The van der Waals surface area contributed by atoms with E-state index in [0.29, 0.717) is 17.1 Å². The van der Waals surface area contributed by atoms with Crippen molar-refractivity contribution in [2.75, 3.05) is 39.4 Å². The van der Waals surface area contributed by atoms with Crippen LogP contribution in [0.5, 0.6) is 11.5 Å². The van der Waals surface area contributed by atoms with Gasteiger partial charge in [0.1, 0.15) is 35.6 Å². The molecular weight excluding hydrogens is 654 g/mol. The predicted molar refractivity (Wildman–Crippen MR) is 189 cm³/mol. The van der Waals surface area contributed by atoms with Crippen molar-refractivity contribution in [1.29, 1.82) is 0 Å². The van der Waals surface area contributed by atoms with Gasteiger partial charge in [-0.25, -0.2) is 9.59 Å². The van der Waals surface area contributed by atoms with E-state index in [9.17, 15) is 19.5 Å². The van der Waals surface area contributed by atoms with Crippen LogP contribution in [0.2, 0.25) is 0 Å². The van der Waals surface area contributed by atoms with E-state index in [4.69, 9.17) is 23.7 Å². The molecule has 0 saturated carbocycles. The SMILES string of the molecule is COc1ccc(C(OC[C@H](CO)O[C@H](COC(=O)c2ccccc2)n2ccc(NC(C)=O)nc2=O)(c2ccccc2)c2ccc(OC)cc2)cc1. The Balaban J connectivity index is 1.51. The molecule has 264 valence electrons. The Morgan fingerprint density at radius 1 is 0.784 bits per heavy atom. The molecule has 0 bridgehead atoms. The van der Waals surface area contributed by atoms with E-state index in [0.717, 1.165) is 21.3 Å². The second-order valence-corrected chi connectivity index (χ2v) is 11.4. The molecule has 0 radical (unpaired) electrons. The first-order valence-electron chi connectivity index (χ1n) is 16.1. The van der Waals surface area contributed by atoms with Gasteiger partial charge >= 0.3 is 11.7 Å². The fourth-order valence-electron chi connectivity index (χ4n) is 5.52. The summed E-state index contributed by atoms with van der Waals surface area (Å²) in [5, 5.41) is 13.1. The molecule has 0 spiro atoms. The number of amides is 1. The lowest BCUT2D eigenvalue weighted by molar-refractivity contribution is -0.140. The molecule has 12 heteroatoms. The molecule has 51 heavy (non-hydrogen) atoms. The Kier molecular flexibility index (Phi) is 12.3. The Labute approximate surface area is 295 Å². The van der Waals surface area contributed by atoms with Crippen molar-refractivity contribution in [3.63, 3.8) is 0 Å². The monoisotopic (exact) mass is 693 g/mol. The molecule has 2 atom stereocenters. The smallest absolute Gasteiger partial charge is 0.351 e. The molecule has 1 heterocycles. The largest absolute Gasteiger partial charge is 0.497 e. The summed E-state index contributed by atoms with van der Waals surface area (Å²) in [5.41, 5.74) is 0.618. The molecule has 12 nitrogen and oxygen atoms in total. The molecule has 0 aliphatic rings. The van der Waals surface area contributed by atoms with Crippen molar-refractivity contribution >= 4 is 17.7 Å². The van der Waals surface area contributed by atoms with Crippen LogP contribution in [0.4, 0.5) is 5.82 Å². The molecule has 0 aliphatic heterocycles. The van der Waals surface area contributed by atoms with Crippen LogP contribution in [0.3, 0.4) is 0 Å². The van der Waals surface area contributed by atoms with E-state index in [1.54, 1.807) is 44.6 Å². The van der Waals surface area contributed by atoms with Gasteiger partial charge in [0.15, 0.2) is 6.23 Å². The van der Waals surface area contributed by atoms with Gasteiger partial charge in [0, 0.05) is 13.1 Å². The number of esters is 1. The second-order valence-electron chi connectivity index (χ2n) is 11.4. The first kappa shape index (κ1) is 36.5. The Hall–Kier alpha value is -5.82. The molecule has 1 aromatic heterocycles. The maximum Gasteiger partial charge on any atom is 0.351 e. The summed E-state index contributed by atoms with van der Waals surface area (Å²) in [6.45, 7) is 0.178. The van der Waals surface area contributed by atoms with Gasteiger partial charge in [-0.15, -0.1) is 0 Å². The molecule has 5 rings (SSSR count). The summed E-state index contributed by atoms with van der Waals surface area (Å²) < 4.78 is 30.7. The summed E-state index contributed by atoms with van der Waals surface area (Å²) in [7, 11) is 3.18. The third-order valence-electron chi connectivity index (χ3n) is 8.02. The van der Waals surface area contributed by atoms with E-state index in [-0.39, 0.29) is 12.4 Å². The van der Waals surface area contributed by atoms with Crippen LogP contribution >= 0.6 is 0 Å². The number of hydrogen-bond acceptors (Lipinski definition) is 10. The average molecular weight is 694 g/mol. The zero-order chi connectivity index (χ0) is 36.2. The summed E-state index contributed by atoms with van der Waals surface area (Å²) in [4.78, 5) is 41.6. The highest BCUT2D eigenvalue weighted by molar-refractivity contribution is 5.89. The van der Waals surface area contributed by atoms with Gasteiger partial charge in [-0.3, -0.25) is 9.36 Å². The van der Waals surface area contributed by atoms with Gasteiger partial charge in [-0.1, -0.05) is 72.8 Å². The summed E-state index contributed by atoms with van der Waals surface area (Å²) in [5.74, 6) is 0.306. The number of aromatic nitrogens is 2. The molecule has 0 fully saturated rings. The predicted octanol–water partition coefficient (Wildman–Crippen LogP) is 4.96. The molecule has 0 aliphatic carbocycles. The molecule has 4 aromatic carbocycles. The van der Waals surface area contributed by atoms with Crippen molar-refractivity contribution in [2.45, 2.75) is 24.9 Å². The van der Waals surface area contributed by atoms with E-state index < -0.39 is 48.7 Å². The van der Waals surface area contributed by atoms with Gasteiger partial charge < -0.3 is 34.1 Å². The number of aliphatic hydroxyl groups is 1. The van der Waals surface area contributed by atoms with E-state index in [2.05, 4.69) is 10.3 Å². The third kappa shape index (κ3) is 8.86. The maximum absolute atomic E-state index is 13.2. The van der Waals surface area contributed by atoms with Crippen LogP contribution in [0.15, 0.2) is 126 Å². The number of aliphatic hydroxyl groups excluding tert-OH is 1. The van der Waals surface area contributed by atoms with Crippen LogP contribution in [-0.2, 0) is 24.6 Å². The first-order valence-corrected chi connectivity index (χ1v) is 16.1. The molecule has 1 amide bonds. The number of benzene rings is 4. The van der Waals surface area contributed by atoms with Crippen LogP contribution < -0.4 is 20.5 Å². The summed E-state index contributed by atoms with van der Waals surface area (Å²) in [6.07, 6.45) is -0.912. The molecular formula is C39H39N3O9. The second kappa shape index (κ2) is 17.2. The molecule has 2 N–H and O–H groups in total. The third-order valence-corrected chi connectivity index (χ3v) is 8.02. The van der Waals surface area contributed by atoms with Crippen molar-refractivity contribution in [1.82, 2.24) is 9.55 Å². The van der Waals surface area contributed by atoms with Crippen molar-refractivity contribution < 1.29 is 38.4 Å². The Bertz CT molecular complexity index is 1890. The number of nitrogens with zero attached hydrogens (tertiary/aromatic N) is 2. The quantitative estimate of drug-likeness (QED) is 0.107. The number of methoxy groups -OCH3 is 2. The summed E-state index contributed by atoms with van der Waals surface area (Å²) >= 11 is 0. The van der Waals surface area contributed by atoms with Crippen molar-refractivity contribution in [3.8, 4) is 11.5 Å². The molecule has 5 aromatic rings. The lowest BCUT2D eigenvalue weighted by Crippen LogP contribution is -2.40. The van der Waals surface area contributed by atoms with Gasteiger partial charge in [0.25, 0.3) is 0 Å². The summed E-state index contributed by atoms with van der Waals surface area (Å²) in [6, 6.07) is 34.3. The van der Waals surface area contributed by atoms with Crippen molar-refractivity contribution in [3.05, 3.63) is 154 Å². The average Bonchev–Trinajstić information content (AvgIpc) is 3.17. The van der Waals surface area contributed by atoms with E-state index in [1.165, 1.54) is 19.2 Å². The zero-order valence-corrected chi connectivity index (χ0v) is 28.4. The number of rotatable bonds is 16. The highest BCUT2D eigenvalue weighted by atomic mass is 16.6. The van der Waals surface area contributed by atoms with Crippen LogP contribution in [0.1, 0.15) is 40.2 Å². The minimum Gasteiger partial charge on any atom is -0.497 e. The fourth-order valence-corrected chi connectivity index (χ4v) is 5.52. The number of nitrogens with one attached hydrogen (secondary N) is 1. The van der Waals surface area contributed by atoms with E-state index in [1.807, 2.05) is 78.9 Å². The van der Waals surface area contributed by atoms with Crippen LogP contribution in [0.25, 0.3) is 0 Å². The van der Waals surface area contributed by atoms with Crippen LogP contribution in [0, 0.1) is 0 Å². The minimum atomic E-state index is -1.24. The van der Waals surface area contributed by atoms with Crippen molar-refractivity contribution in [2.24, 2.45) is 0 Å². The normalized spacial score (nSPS) is 12.4.